The fourth-order valence-electron chi connectivity index (χ4n) is 2.45. The van der Waals surface area contributed by atoms with Gasteiger partial charge in [0.25, 0.3) is 0 Å². The third kappa shape index (κ3) is 4.99. The number of aromatic nitrogens is 4. The van der Waals surface area contributed by atoms with Gasteiger partial charge in [-0.25, -0.2) is 4.98 Å². The second kappa shape index (κ2) is 8.89. The van der Waals surface area contributed by atoms with E-state index in [1.165, 1.54) is 5.56 Å². The lowest BCUT2D eigenvalue weighted by atomic mass is 10.2. The molecule has 0 fully saturated rings. The first-order valence-electron chi connectivity index (χ1n) is 8.94. The van der Waals surface area contributed by atoms with Crippen LogP contribution in [0.1, 0.15) is 25.8 Å². The topological polar surface area (TPSA) is 75.6 Å². The van der Waals surface area contributed by atoms with Crippen LogP contribution in [0.3, 0.4) is 0 Å². The maximum atomic E-state index is 4.62. The van der Waals surface area contributed by atoms with E-state index in [9.17, 15) is 0 Å². The van der Waals surface area contributed by atoms with Gasteiger partial charge in [0.15, 0.2) is 0 Å². The Morgan fingerprint density at radius 3 is 2.58 bits per heavy atom. The minimum atomic E-state index is 0.304. The molecule has 0 radical (unpaired) electrons. The second-order valence-corrected chi connectivity index (χ2v) is 6.16. The fourth-order valence-corrected chi connectivity index (χ4v) is 2.45. The summed E-state index contributed by atoms with van der Waals surface area (Å²) >= 11 is 0. The van der Waals surface area contributed by atoms with E-state index >= 15 is 0 Å². The van der Waals surface area contributed by atoms with Crippen LogP contribution in [-0.2, 0) is 6.42 Å². The zero-order valence-corrected chi connectivity index (χ0v) is 15.2. The van der Waals surface area contributed by atoms with Crippen LogP contribution in [0.2, 0.25) is 0 Å². The summed E-state index contributed by atoms with van der Waals surface area (Å²) in [5.74, 6) is 1.41. The Labute approximate surface area is 154 Å². The van der Waals surface area contributed by atoms with Gasteiger partial charge in [0.05, 0.1) is 11.4 Å². The van der Waals surface area contributed by atoms with Gasteiger partial charge in [-0.1, -0.05) is 13.0 Å². The van der Waals surface area contributed by atoms with Crippen molar-refractivity contribution in [3.63, 3.8) is 0 Å². The summed E-state index contributed by atoms with van der Waals surface area (Å²) in [6, 6.07) is 12.1. The van der Waals surface area contributed by atoms with Crippen molar-refractivity contribution in [2.75, 3.05) is 17.2 Å². The van der Waals surface area contributed by atoms with E-state index in [0.717, 1.165) is 36.6 Å². The van der Waals surface area contributed by atoms with Gasteiger partial charge < -0.3 is 10.6 Å². The van der Waals surface area contributed by atoms with Crippen LogP contribution in [0.25, 0.3) is 11.4 Å². The van der Waals surface area contributed by atoms with Gasteiger partial charge in [-0.2, -0.15) is 4.98 Å². The highest BCUT2D eigenvalue weighted by molar-refractivity contribution is 5.61. The smallest absolute Gasteiger partial charge is 0.225 e. The minimum Gasteiger partial charge on any atom is -0.370 e. The molecule has 3 rings (SSSR count). The predicted octanol–water partition coefficient (Wildman–Crippen LogP) is 3.80. The number of anilines is 2. The van der Waals surface area contributed by atoms with E-state index < -0.39 is 0 Å². The lowest BCUT2D eigenvalue weighted by Gasteiger charge is -2.14. The van der Waals surface area contributed by atoms with Gasteiger partial charge in [0.2, 0.25) is 5.95 Å². The Morgan fingerprint density at radius 1 is 1.00 bits per heavy atom. The molecule has 1 atom stereocenters. The van der Waals surface area contributed by atoms with E-state index in [0.29, 0.717) is 12.0 Å². The zero-order chi connectivity index (χ0) is 18.2. The van der Waals surface area contributed by atoms with E-state index in [1.807, 2.05) is 48.8 Å². The quantitative estimate of drug-likeness (QED) is 0.645. The first kappa shape index (κ1) is 17.8. The number of rotatable bonds is 8. The summed E-state index contributed by atoms with van der Waals surface area (Å²) in [7, 11) is 0. The zero-order valence-electron chi connectivity index (χ0n) is 15.2. The summed E-state index contributed by atoms with van der Waals surface area (Å²) in [6.45, 7) is 5.03. The van der Waals surface area contributed by atoms with Crippen molar-refractivity contribution in [1.82, 2.24) is 19.9 Å². The molecule has 0 aliphatic carbocycles. The van der Waals surface area contributed by atoms with E-state index in [4.69, 9.17) is 0 Å². The highest BCUT2D eigenvalue weighted by Gasteiger charge is 2.09. The molecule has 0 saturated carbocycles. The summed E-state index contributed by atoms with van der Waals surface area (Å²) < 4.78 is 0. The molecule has 2 N–H and O–H groups in total. The third-order valence-corrected chi connectivity index (χ3v) is 4.11. The Balaban J connectivity index is 1.77. The van der Waals surface area contributed by atoms with Crippen LogP contribution in [0.15, 0.2) is 55.0 Å². The molecule has 0 spiro atoms. The Hall–Kier alpha value is -3.02. The van der Waals surface area contributed by atoms with Gasteiger partial charge in [0, 0.05) is 37.2 Å². The molecular formula is C20H24N6. The molecule has 0 unspecified atom stereocenters. The second-order valence-electron chi connectivity index (χ2n) is 6.16. The number of pyridine rings is 2. The van der Waals surface area contributed by atoms with Crippen molar-refractivity contribution in [2.24, 2.45) is 0 Å². The standard InChI is InChI=1S/C20H24N6/c1-3-15(2)24-20-25-18(17-6-4-5-10-22-17)14-19(26-20)23-13-9-16-7-11-21-12-8-16/h4-8,10-12,14-15H,3,9,13H2,1-2H3,(H2,23,24,25,26)/t15-/m1/s1. The monoisotopic (exact) mass is 348 g/mol. The van der Waals surface area contributed by atoms with Crippen LogP contribution in [0.5, 0.6) is 0 Å². The van der Waals surface area contributed by atoms with Crippen molar-refractivity contribution < 1.29 is 0 Å². The molecule has 26 heavy (non-hydrogen) atoms. The normalized spacial score (nSPS) is 11.8. The van der Waals surface area contributed by atoms with E-state index in [2.05, 4.69) is 44.4 Å². The van der Waals surface area contributed by atoms with Crippen LogP contribution in [-0.4, -0.2) is 32.5 Å². The fraction of sp³-hybridized carbons (Fsp3) is 0.300. The highest BCUT2D eigenvalue weighted by Crippen LogP contribution is 2.20. The van der Waals surface area contributed by atoms with Crippen LogP contribution >= 0.6 is 0 Å². The van der Waals surface area contributed by atoms with Gasteiger partial charge in [-0.05, 0) is 49.6 Å². The Bertz CT molecular complexity index is 807. The number of hydrogen-bond donors (Lipinski definition) is 2. The van der Waals surface area contributed by atoms with Crippen LogP contribution in [0.4, 0.5) is 11.8 Å². The maximum Gasteiger partial charge on any atom is 0.225 e. The molecule has 3 aromatic rings. The molecule has 3 aromatic heterocycles. The van der Waals surface area contributed by atoms with Gasteiger partial charge in [0.1, 0.15) is 5.82 Å². The summed E-state index contributed by atoms with van der Waals surface area (Å²) in [5.41, 5.74) is 2.88. The Kier molecular flexibility index (Phi) is 6.09. The molecule has 6 nitrogen and oxygen atoms in total. The molecule has 0 aliphatic heterocycles. The lowest BCUT2D eigenvalue weighted by molar-refractivity contribution is 0.753. The van der Waals surface area contributed by atoms with Gasteiger partial charge in [-0.15, -0.1) is 0 Å². The Morgan fingerprint density at radius 2 is 1.85 bits per heavy atom. The molecule has 0 bridgehead atoms. The van der Waals surface area contributed by atoms with Crippen molar-refractivity contribution in [3.8, 4) is 11.4 Å². The van der Waals surface area contributed by atoms with E-state index in [1.54, 1.807) is 6.20 Å². The van der Waals surface area contributed by atoms with Crippen LogP contribution < -0.4 is 10.6 Å². The summed E-state index contributed by atoms with van der Waals surface area (Å²) in [6.07, 6.45) is 7.30. The van der Waals surface area contributed by atoms with Gasteiger partial charge in [-0.3, -0.25) is 9.97 Å². The predicted molar refractivity (Wildman–Crippen MR) is 105 cm³/mol. The van der Waals surface area contributed by atoms with Crippen LogP contribution in [0, 0.1) is 0 Å². The number of nitrogens with zero attached hydrogens (tertiary/aromatic N) is 4. The SMILES string of the molecule is CC[C@@H](C)Nc1nc(NCCc2ccncc2)cc(-c2ccccn2)n1. The minimum absolute atomic E-state index is 0.304. The van der Waals surface area contributed by atoms with Crippen molar-refractivity contribution in [1.29, 1.82) is 0 Å². The number of nitrogens with one attached hydrogen (secondary N) is 2. The van der Waals surface area contributed by atoms with E-state index in [-0.39, 0.29) is 0 Å². The molecule has 0 aliphatic rings. The molecule has 0 aromatic carbocycles. The molecular weight excluding hydrogens is 324 g/mol. The lowest BCUT2D eigenvalue weighted by Crippen LogP contribution is -2.17. The average molecular weight is 348 g/mol. The third-order valence-electron chi connectivity index (χ3n) is 4.11. The largest absolute Gasteiger partial charge is 0.370 e. The highest BCUT2D eigenvalue weighted by atomic mass is 15.2. The summed E-state index contributed by atoms with van der Waals surface area (Å²) in [4.78, 5) is 17.7. The molecule has 3 heterocycles. The van der Waals surface area contributed by atoms with Crippen molar-refractivity contribution in [3.05, 3.63) is 60.6 Å². The molecule has 134 valence electrons. The maximum absolute atomic E-state index is 4.62. The van der Waals surface area contributed by atoms with Crippen molar-refractivity contribution >= 4 is 11.8 Å². The molecule has 6 heteroatoms. The van der Waals surface area contributed by atoms with Crippen molar-refractivity contribution in [2.45, 2.75) is 32.7 Å². The molecule has 0 saturated heterocycles. The summed E-state index contributed by atoms with van der Waals surface area (Å²) in [5, 5.41) is 6.75. The molecule has 0 amide bonds. The average Bonchev–Trinajstić information content (AvgIpc) is 2.69. The number of hydrogen-bond acceptors (Lipinski definition) is 6. The van der Waals surface area contributed by atoms with Gasteiger partial charge >= 0.3 is 0 Å². The first-order chi connectivity index (χ1) is 12.7. The first-order valence-corrected chi connectivity index (χ1v) is 8.94.